The van der Waals surface area contributed by atoms with Gasteiger partial charge in [0.15, 0.2) is 0 Å². The monoisotopic (exact) mass is 223 g/mol. The first-order valence-corrected chi connectivity index (χ1v) is 5.63. The molecule has 0 atom stereocenters. The number of carbonyl (C=O) groups is 1. The lowest BCUT2D eigenvalue weighted by Crippen LogP contribution is -2.30. The molecule has 0 saturated carbocycles. The van der Waals surface area contributed by atoms with Crippen molar-refractivity contribution in [2.24, 2.45) is 0 Å². The molecule has 0 saturated heterocycles. The van der Waals surface area contributed by atoms with Gasteiger partial charge in [-0.25, -0.2) is 0 Å². The first-order chi connectivity index (χ1) is 7.10. The Labute approximate surface area is 96.7 Å². The third kappa shape index (κ3) is 2.75. The van der Waals surface area contributed by atoms with E-state index in [2.05, 4.69) is 12.6 Å². The lowest BCUT2D eigenvalue weighted by atomic mass is 10.1. The summed E-state index contributed by atoms with van der Waals surface area (Å²) in [5.74, 6) is 0.0911. The molecule has 82 valence electrons. The molecule has 0 spiro atoms. The van der Waals surface area contributed by atoms with E-state index in [-0.39, 0.29) is 5.91 Å². The number of benzene rings is 1. The SMILES string of the molecule is CCN(CC)C(=O)c1cc(S)ccc1C. The Hall–Kier alpha value is -0.960. The third-order valence-electron chi connectivity index (χ3n) is 2.50. The lowest BCUT2D eigenvalue weighted by Gasteiger charge is -2.19. The van der Waals surface area contributed by atoms with E-state index in [9.17, 15) is 4.79 Å². The van der Waals surface area contributed by atoms with Crippen molar-refractivity contribution in [3.8, 4) is 0 Å². The number of rotatable bonds is 3. The van der Waals surface area contributed by atoms with Crippen LogP contribution < -0.4 is 0 Å². The number of amides is 1. The highest BCUT2D eigenvalue weighted by Gasteiger charge is 2.14. The second-order valence-corrected chi connectivity index (χ2v) is 3.99. The number of carbonyl (C=O) groups excluding carboxylic acids is 1. The van der Waals surface area contributed by atoms with Crippen LogP contribution in [-0.4, -0.2) is 23.9 Å². The minimum Gasteiger partial charge on any atom is -0.339 e. The van der Waals surface area contributed by atoms with Crippen LogP contribution >= 0.6 is 12.6 Å². The summed E-state index contributed by atoms with van der Waals surface area (Å²) in [6.45, 7) is 7.41. The number of hydrogen-bond donors (Lipinski definition) is 1. The standard InChI is InChI=1S/C12H17NOS/c1-4-13(5-2)12(14)11-8-10(15)7-6-9(11)3/h6-8,15H,4-5H2,1-3H3. The van der Waals surface area contributed by atoms with E-state index >= 15 is 0 Å². The van der Waals surface area contributed by atoms with Gasteiger partial charge in [0.05, 0.1) is 0 Å². The Balaban J connectivity index is 3.04. The van der Waals surface area contributed by atoms with Crippen LogP contribution in [0.1, 0.15) is 29.8 Å². The fourth-order valence-electron chi connectivity index (χ4n) is 1.52. The largest absolute Gasteiger partial charge is 0.339 e. The van der Waals surface area contributed by atoms with Gasteiger partial charge >= 0.3 is 0 Å². The Morgan fingerprint density at radius 1 is 1.33 bits per heavy atom. The molecule has 1 amide bonds. The van der Waals surface area contributed by atoms with Crippen LogP contribution in [0, 0.1) is 6.92 Å². The molecule has 0 heterocycles. The Bertz CT molecular complexity index is 359. The zero-order valence-electron chi connectivity index (χ0n) is 9.45. The summed E-state index contributed by atoms with van der Waals surface area (Å²) in [6, 6.07) is 5.66. The van der Waals surface area contributed by atoms with E-state index in [4.69, 9.17) is 0 Å². The van der Waals surface area contributed by atoms with Crippen LogP contribution in [0.4, 0.5) is 0 Å². The number of nitrogens with zero attached hydrogens (tertiary/aromatic N) is 1. The molecule has 2 nitrogen and oxygen atoms in total. The predicted octanol–water partition coefficient (Wildman–Crippen LogP) is 2.77. The van der Waals surface area contributed by atoms with Crippen LogP contribution in [0.5, 0.6) is 0 Å². The van der Waals surface area contributed by atoms with Gasteiger partial charge in [-0.1, -0.05) is 6.07 Å². The van der Waals surface area contributed by atoms with Gasteiger partial charge in [0.25, 0.3) is 5.91 Å². The number of thiol groups is 1. The van der Waals surface area contributed by atoms with E-state index in [0.717, 1.165) is 29.1 Å². The number of hydrogen-bond acceptors (Lipinski definition) is 2. The fraction of sp³-hybridized carbons (Fsp3) is 0.417. The smallest absolute Gasteiger partial charge is 0.254 e. The maximum atomic E-state index is 12.1. The lowest BCUT2D eigenvalue weighted by molar-refractivity contribution is 0.0772. The molecule has 0 unspecified atom stereocenters. The van der Waals surface area contributed by atoms with Gasteiger partial charge in [-0.2, -0.15) is 0 Å². The molecule has 0 aliphatic rings. The summed E-state index contributed by atoms with van der Waals surface area (Å²) in [5, 5.41) is 0. The molecule has 0 N–H and O–H groups in total. The zero-order valence-corrected chi connectivity index (χ0v) is 10.3. The van der Waals surface area contributed by atoms with Crippen molar-refractivity contribution in [1.29, 1.82) is 0 Å². The van der Waals surface area contributed by atoms with Crippen LogP contribution in [0.25, 0.3) is 0 Å². The summed E-state index contributed by atoms with van der Waals surface area (Å²) in [4.78, 5) is 14.7. The van der Waals surface area contributed by atoms with E-state index in [1.807, 2.05) is 43.9 Å². The van der Waals surface area contributed by atoms with Gasteiger partial charge in [-0.15, -0.1) is 12.6 Å². The first kappa shape index (κ1) is 12.1. The molecule has 1 aromatic rings. The normalized spacial score (nSPS) is 10.1. The van der Waals surface area contributed by atoms with Gasteiger partial charge in [-0.3, -0.25) is 4.79 Å². The minimum absolute atomic E-state index is 0.0911. The Kier molecular flexibility index (Phi) is 4.21. The van der Waals surface area contributed by atoms with Gasteiger partial charge in [-0.05, 0) is 38.5 Å². The minimum atomic E-state index is 0.0911. The summed E-state index contributed by atoms with van der Waals surface area (Å²) >= 11 is 4.25. The molecule has 3 heteroatoms. The first-order valence-electron chi connectivity index (χ1n) is 5.19. The second kappa shape index (κ2) is 5.21. The zero-order chi connectivity index (χ0) is 11.4. The van der Waals surface area contributed by atoms with Crippen molar-refractivity contribution in [3.05, 3.63) is 29.3 Å². The highest BCUT2D eigenvalue weighted by atomic mass is 32.1. The highest BCUT2D eigenvalue weighted by Crippen LogP contribution is 2.16. The Morgan fingerprint density at radius 2 is 1.93 bits per heavy atom. The molecule has 0 fully saturated rings. The van der Waals surface area contributed by atoms with Crippen LogP contribution in [0.3, 0.4) is 0 Å². The summed E-state index contributed by atoms with van der Waals surface area (Å²) in [6.07, 6.45) is 0. The van der Waals surface area contributed by atoms with Crippen molar-refractivity contribution < 1.29 is 4.79 Å². The molecular formula is C12H17NOS. The molecule has 15 heavy (non-hydrogen) atoms. The molecule has 0 aliphatic carbocycles. The Morgan fingerprint density at radius 3 is 2.47 bits per heavy atom. The van der Waals surface area contributed by atoms with Crippen LogP contribution in [-0.2, 0) is 0 Å². The van der Waals surface area contributed by atoms with Crippen molar-refractivity contribution in [2.75, 3.05) is 13.1 Å². The topological polar surface area (TPSA) is 20.3 Å². The van der Waals surface area contributed by atoms with Gasteiger partial charge in [0, 0.05) is 23.5 Å². The fourth-order valence-corrected chi connectivity index (χ4v) is 1.73. The van der Waals surface area contributed by atoms with Gasteiger partial charge in [0.1, 0.15) is 0 Å². The average Bonchev–Trinajstić information content (AvgIpc) is 2.23. The maximum absolute atomic E-state index is 12.1. The molecule has 0 aromatic heterocycles. The maximum Gasteiger partial charge on any atom is 0.254 e. The van der Waals surface area contributed by atoms with E-state index in [1.165, 1.54) is 0 Å². The van der Waals surface area contributed by atoms with E-state index < -0.39 is 0 Å². The number of aryl methyl sites for hydroxylation is 1. The summed E-state index contributed by atoms with van der Waals surface area (Å²) in [5.41, 5.74) is 1.76. The molecule has 0 bridgehead atoms. The van der Waals surface area contributed by atoms with Crippen LogP contribution in [0.2, 0.25) is 0 Å². The second-order valence-electron chi connectivity index (χ2n) is 3.48. The van der Waals surface area contributed by atoms with E-state index in [0.29, 0.717) is 0 Å². The molecule has 1 rings (SSSR count). The highest BCUT2D eigenvalue weighted by molar-refractivity contribution is 7.80. The van der Waals surface area contributed by atoms with Crippen molar-refractivity contribution in [2.45, 2.75) is 25.7 Å². The predicted molar refractivity (Wildman–Crippen MR) is 65.7 cm³/mol. The van der Waals surface area contributed by atoms with Gasteiger partial charge in [0.2, 0.25) is 0 Å². The summed E-state index contributed by atoms with van der Waals surface area (Å²) in [7, 11) is 0. The van der Waals surface area contributed by atoms with Crippen molar-refractivity contribution >= 4 is 18.5 Å². The quantitative estimate of drug-likeness (QED) is 0.781. The average molecular weight is 223 g/mol. The summed E-state index contributed by atoms with van der Waals surface area (Å²) < 4.78 is 0. The molecule has 0 aliphatic heterocycles. The van der Waals surface area contributed by atoms with Gasteiger partial charge < -0.3 is 4.90 Å². The van der Waals surface area contributed by atoms with Crippen molar-refractivity contribution in [1.82, 2.24) is 4.90 Å². The van der Waals surface area contributed by atoms with Crippen LogP contribution in [0.15, 0.2) is 23.1 Å². The van der Waals surface area contributed by atoms with E-state index in [1.54, 1.807) is 0 Å². The molecule has 0 radical (unpaired) electrons. The molecular weight excluding hydrogens is 206 g/mol. The van der Waals surface area contributed by atoms with Crippen molar-refractivity contribution in [3.63, 3.8) is 0 Å². The molecule has 1 aromatic carbocycles. The third-order valence-corrected chi connectivity index (χ3v) is 2.78.